The number of hydrogen-bond acceptors (Lipinski definition) is 3. The Morgan fingerprint density at radius 2 is 1.80 bits per heavy atom. The highest BCUT2D eigenvalue weighted by atomic mass is 35.5. The Labute approximate surface area is 180 Å². The van der Waals surface area contributed by atoms with Gasteiger partial charge in [-0.1, -0.05) is 60.1 Å². The lowest BCUT2D eigenvalue weighted by Gasteiger charge is -2.11. The number of nitrogens with zero attached hydrogens (tertiary/aromatic N) is 3. The van der Waals surface area contributed by atoms with E-state index in [1.165, 1.54) is 0 Å². The van der Waals surface area contributed by atoms with E-state index in [4.69, 9.17) is 21.7 Å². The Bertz CT molecular complexity index is 1200. The van der Waals surface area contributed by atoms with Gasteiger partial charge in [-0.3, -0.25) is 4.79 Å². The molecule has 0 spiro atoms. The largest absolute Gasteiger partial charge is 0.352 e. The van der Waals surface area contributed by atoms with Crippen LogP contribution in [-0.2, 0) is 17.8 Å². The molecule has 0 saturated heterocycles. The summed E-state index contributed by atoms with van der Waals surface area (Å²) in [7, 11) is 0. The molecule has 2 heterocycles. The third kappa shape index (κ3) is 4.21. The van der Waals surface area contributed by atoms with E-state index < -0.39 is 0 Å². The van der Waals surface area contributed by atoms with Crippen molar-refractivity contribution in [3.05, 3.63) is 88.2 Å². The smallest absolute Gasteiger partial charge is 0.220 e. The van der Waals surface area contributed by atoms with Crippen LogP contribution in [-0.4, -0.2) is 20.5 Å². The van der Waals surface area contributed by atoms with Crippen LogP contribution in [0.5, 0.6) is 0 Å². The van der Waals surface area contributed by atoms with E-state index in [9.17, 15) is 4.79 Å². The van der Waals surface area contributed by atoms with Gasteiger partial charge in [0.05, 0.1) is 5.69 Å². The number of amides is 1. The molecule has 5 nitrogen and oxygen atoms in total. The van der Waals surface area contributed by atoms with Crippen molar-refractivity contribution in [1.29, 1.82) is 0 Å². The molecule has 1 N–H and O–H groups in total. The van der Waals surface area contributed by atoms with Gasteiger partial charge in [-0.05, 0) is 37.5 Å². The molecule has 2 aromatic carbocycles. The Morgan fingerprint density at radius 1 is 1.07 bits per heavy atom. The fourth-order valence-corrected chi connectivity index (χ4v) is 3.80. The number of rotatable bonds is 6. The summed E-state index contributed by atoms with van der Waals surface area (Å²) in [5, 5.41) is 8.34. The number of carbonyl (C=O) groups excluding carboxylic acids is 1. The van der Waals surface area contributed by atoms with Crippen molar-refractivity contribution >= 4 is 23.2 Å². The number of hydrogen-bond donors (Lipinski definition) is 1. The maximum atomic E-state index is 12.4. The lowest BCUT2D eigenvalue weighted by Crippen LogP contribution is -2.23. The van der Waals surface area contributed by atoms with Gasteiger partial charge in [0.15, 0.2) is 5.65 Å². The van der Waals surface area contributed by atoms with Crippen LogP contribution in [0.4, 0.5) is 0 Å². The first kappa shape index (κ1) is 20.1. The zero-order valence-electron chi connectivity index (χ0n) is 17.0. The molecule has 0 aliphatic carbocycles. The van der Waals surface area contributed by atoms with E-state index in [2.05, 4.69) is 5.32 Å². The van der Waals surface area contributed by atoms with Crippen molar-refractivity contribution in [3.8, 4) is 11.3 Å². The third-order valence-electron chi connectivity index (χ3n) is 5.27. The van der Waals surface area contributed by atoms with Gasteiger partial charge in [0.1, 0.15) is 0 Å². The molecule has 152 valence electrons. The average molecular weight is 419 g/mol. The number of aryl methyl sites for hydroxylation is 2. The maximum Gasteiger partial charge on any atom is 0.220 e. The minimum atomic E-state index is -0.0146. The minimum Gasteiger partial charge on any atom is -0.352 e. The van der Waals surface area contributed by atoms with Gasteiger partial charge in [-0.2, -0.15) is 5.10 Å². The molecule has 0 fully saturated rings. The van der Waals surface area contributed by atoms with Crippen molar-refractivity contribution in [2.24, 2.45) is 0 Å². The van der Waals surface area contributed by atoms with E-state index in [1.54, 1.807) is 0 Å². The predicted molar refractivity (Wildman–Crippen MR) is 120 cm³/mol. The number of aromatic nitrogens is 3. The van der Waals surface area contributed by atoms with Crippen LogP contribution in [0.2, 0.25) is 5.02 Å². The third-order valence-corrected chi connectivity index (χ3v) is 5.64. The van der Waals surface area contributed by atoms with Gasteiger partial charge in [-0.15, -0.1) is 0 Å². The molecule has 0 bridgehead atoms. The standard InChI is InChI=1S/C24H23ClN4O/c1-16-20(12-13-24(30)26-15-19-10-6-7-11-21(19)25)17(2)29-23(27-16)14-22(28-29)18-8-4-3-5-9-18/h3-11,14H,12-13,15H2,1-2H3,(H,26,30). The molecule has 4 rings (SSSR count). The van der Waals surface area contributed by atoms with Gasteiger partial charge >= 0.3 is 0 Å². The fourth-order valence-electron chi connectivity index (χ4n) is 3.60. The van der Waals surface area contributed by atoms with E-state index in [0.29, 0.717) is 24.4 Å². The van der Waals surface area contributed by atoms with Gasteiger partial charge in [0.2, 0.25) is 5.91 Å². The summed E-state index contributed by atoms with van der Waals surface area (Å²) in [6, 6.07) is 19.6. The monoisotopic (exact) mass is 418 g/mol. The van der Waals surface area contributed by atoms with Crippen molar-refractivity contribution < 1.29 is 4.79 Å². The van der Waals surface area contributed by atoms with E-state index >= 15 is 0 Å². The second-order valence-corrected chi connectivity index (χ2v) is 7.70. The summed E-state index contributed by atoms with van der Waals surface area (Å²) in [6.07, 6.45) is 0.988. The van der Waals surface area contributed by atoms with Crippen molar-refractivity contribution in [3.63, 3.8) is 0 Å². The van der Waals surface area contributed by atoms with Gasteiger partial charge in [0, 0.05) is 41.0 Å². The van der Waals surface area contributed by atoms with E-state index in [0.717, 1.165) is 39.4 Å². The predicted octanol–water partition coefficient (Wildman–Crippen LogP) is 4.92. The Kier molecular flexibility index (Phi) is 5.81. The quantitative estimate of drug-likeness (QED) is 0.483. The molecule has 2 aromatic heterocycles. The maximum absolute atomic E-state index is 12.4. The Morgan fingerprint density at radius 3 is 2.57 bits per heavy atom. The summed E-state index contributed by atoms with van der Waals surface area (Å²) >= 11 is 6.15. The summed E-state index contributed by atoms with van der Waals surface area (Å²) in [5.41, 5.74) is 6.67. The van der Waals surface area contributed by atoms with Crippen molar-refractivity contribution in [2.45, 2.75) is 33.2 Å². The van der Waals surface area contributed by atoms with Crippen LogP contribution < -0.4 is 5.32 Å². The lowest BCUT2D eigenvalue weighted by atomic mass is 10.1. The number of benzene rings is 2. The fraction of sp³-hybridized carbons (Fsp3) is 0.208. The first-order chi connectivity index (χ1) is 14.5. The number of halogens is 1. The van der Waals surface area contributed by atoms with Crippen LogP contribution in [0.25, 0.3) is 16.9 Å². The van der Waals surface area contributed by atoms with Crippen LogP contribution in [0.1, 0.15) is 28.9 Å². The zero-order valence-corrected chi connectivity index (χ0v) is 17.8. The van der Waals surface area contributed by atoms with Crippen LogP contribution >= 0.6 is 11.6 Å². The molecule has 0 unspecified atom stereocenters. The van der Waals surface area contributed by atoms with E-state index in [-0.39, 0.29) is 5.91 Å². The summed E-state index contributed by atoms with van der Waals surface area (Å²) in [6.45, 7) is 4.44. The van der Waals surface area contributed by atoms with Crippen LogP contribution in [0.15, 0.2) is 60.7 Å². The molecule has 0 aliphatic heterocycles. The lowest BCUT2D eigenvalue weighted by molar-refractivity contribution is -0.121. The second kappa shape index (κ2) is 8.67. The van der Waals surface area contributed by atoms with Gasteiger partial charge < -0.3 is 5.32 Å². The van der Waals surface area contributed by atoms with Crippen LogP contribution in [0, 0.1) is 13.8 Å². The molecule has 0 radical (unpaired) electrons. The van der Waals surface area contributed by atoms with Gasteiger partial charge in [-0.25, -0.2) is 9.50 Å². The van der Waals surface area contributed by atoms with Gasteiger partial charge in [0.25, 0.3) is 0 Å². The molecular formula is C24H23ClN4O. The summed E-state index contributed by atoms with van der Waals surface area (Å²) < 4.78 is 1.87. The number of fused-ring (bicyclic) bond motifs is 1. The molecule has 0 saturated carbocycles. The topological polar surface area (TPSA) is 59.3 Å². The first-order valence-corrected chi connectivity index (χ1v) is 10.3. The number of carbonyl (C=O) groups is 1. The molecule has 1 amide bonds. The second-order valence-electron chi connectivity index (χ2n) is 7.29. The van der Waals surface area contributed by atoms with E-state index in [1.807, 2.05) is 79.0 Å². The molecule has 30 heavy (non-hydrogen) atoms. The summed E-state index contributed by atoms with van der Waals surface area (Å²) in [4.78, 5) is 17.1. The Balaban J connectivity index is 1.48. The molecule has 0 aliphatic rings. The van der Waals surface area contributed by atoms with Crippen LogP contribution in [0.3, 0.4) is 0 Å². The normalized spacial score (nSPS) is 11.0. The SMILES string of the molecule is Cc1nc2cc(-c3ccccc3)nn2c(C)c1CCC(=O)NCc1ccccc1Cl. The highest BCUT2D eigenvalue weighted by Gasteiger charge is 2.14. The van der Waals surface area contributed by atoms with Crippen molar-refractivity contribution in [2.75, 3.05) is 0 Å². The average Bonchev–Trinajstić information content (AvgIpc) is 3.18. The number of nitrogens with one attached hydrogen (secondary N) is 1. The summed E-state index contributed by atoms with van der Waals surface area (Å²) in [5.74, 6) is -0.0146. The minimum absolute atomic E-state index is 0.0146. The van der Waals surface area contributed by atoms with Crippen molar-refractivity contribution in [1.82, 2.24) is 19.9 Å². The first-order valence-electron chi connectivity index (χ1n) is 9.94. The molecular weight excluding hydrogens is 396 g/mol. The molecule has 0 atom stereocenters. The highest BCUT2D eigenvalue weighted by molar-refractivity contribution is 6.31. The molecule has 4 aromatic rings. The Hall–Kier alpha value is -3.18. The zero-order chi connectivity index (χ0) is 21.1. The molecule has 6 heteroatoms. The highest BCUT2D eigenvalue weighted by Crippen LogP contribution is 2.22.